The molecule has 1 aromatic carbocycles. The van der Waals surface area contributed by atoms with Gasteiger partial charge in [0.1, 0.15) is 12.3 Å². The maximum atomic E-state index is 12.1. The van der Waals surface area contributed by atoms with Gasteiger partial charge in [-0.25, -0.2) is 0 Å². The highest BCUT2D eigenvalue weighted by Crippen LogP contribution is 2.13. The van der Waals surface area contributed by atoms with E-state index in [1.807, 2.05) is 19.9 Å². The Morgan fingerprint density at radius 1 is 1.15 bits per heavy atom. The Morgan fingerprint density at radius 2 is 1.85 bits per heavy atom. The van der Waals surface area contributed by atoms with Gasteiger partial charge in [0.05, 0.1) is 12.3 Å². The molecule has 0 saturated heterocycles. The van der Waals surface area contributed by atoms with Crippen LogP contribution in [0.5, 0.6) is 5.75 Å². The summed E-state index contributed by atoms with van der Waals surface area (Å²) in [5.41, 5.74) is 6.97. The van der Waals surface area contributed by atoms with E-state index in [1.54, 1.807) is 28.9 Å². The third-order valence-corrected chi connectivity index (χ3v) is 3.79. The lowest BCUT2D eigenvalue weighted by Crippen LogP contribution is -2.43. The van der Waals surface area contributed by atoms with Gasteiger partial charge < -0.3 is 4.74 Å². The highest BCUT2D eigenvalue weighted by atomic mass is 16.5. The van der Waals surface area contributed by atoms with Crippen molar-refractivity contribution in [3.05, 3.63) is 47.3 Å². The Hall–Kier alpha value is -2.83. The van der Waals surface area contributed by atoms with Gasteiger partial charge in [-0.15, -0.1) is 0 Å². The summed E-state index contributed by atoms with van der Waals surface area (Å²) >= 11 is 0. The first-order chi connectivity index (χ1) is 12.3. The smallest absolute Gasteiger partial charge is 0.269 e. The molecule has 2 rings (SSSR count). The summed E-state index contributed by atoms with van der Waals surface area (Å²) in [4.78, 5) is 24.0. The van der Waals surface area contributed by atoms with Crippen LogP contribution in [0.15, 0.2) is 30.3 Å². The molecule has 7 heteroatoms. The van der Waals surface area contributed by atoms with E-state index >= 15 is 0 Å². The van der Waals surface area contributed by atoms with Crippen LogP contribution in [-0.2, 0) is 11.3 Å². The Bertz CT molecular complexity index is 751. The van der Waals surface area contributed by atoms with Crippen LogP contribution in [0.25, 0.3) is 0 Å². The van der Waals surface area contributed by atoms with Crippen LogP contribution in [0.3, 0.4) is 0 Å². The number of amides is 2. The van der Waals surface area contributed by atoms with Gasteiger partial charge in [-0.1, -0.05) is 13.8 Å². The van der Waals surface area contributed by atoms with Crippen LogP contribution < -0.4 is 15.6 Å². The number of carbonyl (C=O) groups is 2. The molecule has 0 saturated carbocycles. The highest BCUT2D eigenvalue weighted by Gasteiger charge is 2.10. The standard InChI is InChI=1S/C19H26N4O3/c1-13(2)9-10-26-17-7-5-16(6-8-17)19(25)21-20-18(24)12-23-15(4)11-14(3)22-23/h5-8,11,13H,9-10,12H2,1-4H3,(H,20,24)(H,21,25). The van der Waals surface area contributed by atoms with Crippen LogP contribution in [0.2, 0.25) is 0 Å². The van der Waals surface area contributed by atoms with Crippen LogP contribution in [0, 0.1) is 19.8 Å². The number of ether oxygens (including phenoxy) is 1. The van der Waals surface area contributed by atoms with Crippen molar-refractivity contribution in [1.82, 2.24) is 20.6 Å². The SMILES string of the molecule is Cc1cc(C)n(CC(=O)NNC(=O)c2ccc(OCCC(C)C)cc2)n1. The van der Waals surface area contributed by atoms with Gasteiger partial charge in [-0.3, -0.25) is 25.1 Å². The molecule has 0 spiro atoms. The number of hydrogen-bond donors (Lipinski definition) is 2. The summed E-state index contributed by atoms with van der Waals surface area (Å²) in [6, 6.07) is 8.69. The van der Waals surface area contributed by atoms with Gasteiger partial charge in [0.2, 0.25) is 0 Å². The van der Waals surface area contributed by atoms with E-state index in [1.165, 1.54) is 0 Å². The zero-order chi connectivity index (χ0) is 19.1. The average molecular weight is 358 g/mol. The number of hydrazine groups is 1. The molecule has 0 fully saturated rings. The zero-order valence-corrected chi connectivity index (χ0v) is 15.7. The maximum Gasteiger partial charge on any atom is 0.269 e. The van der Waals surface area contributed by atoms with Crippen molar-refractivity contribution in [2.24, 2.45) is 5.92 Å². The van der Waals surface area contributed by atoms with Crippen LogP contribution in [0.1, 0.15) is 42.0 Å². The molecule has 0 aliphatic heterocycles. The summed E-state index contributed by atoms with van der Waals surface area (Å²) in [7, 11) is 0. The molecule has 2 N–H and O–H groups in total. The fourth-order valence-corrected chi connectivity index (χ4v) is 2.32. The molecule has 0 aliphatic carbocycles. The minimum atomic E-state index is -0.388. The number of rotatable bonds is 7. The number of nitrogens with zero attached hydrogens (tertiary/aromatic N) is 2. The summed E-state index contributed by atoms with van der Waals surface area (Å²) in [6.07, 6.45) is 0.976. The molecule has 140 valence electrons. The van der Waals surface area contributed by atoms with Crippen molar-refractivity contribution in [3.63, 3.8) is 0 Å². The average Bonchev–Trinajstić information content (AvgIpc) is 2.90. The van der Waals surface area contributed by atoms with E-state index in [9.17, 15) is 9.59 Å². The number of nitrogens with one attached hydrogen (secondary N) is 2. The van der Waals surface area contributed by atoms with Crippen molar-refractivity contribution in [3.8, 4) is 5.75 Å². The molecule has 26 heavy (non-hydrogen) atoms. The molecule has 0 radical (unpaired) electrons. The second-order valence-corrected chi connectivity index (χ2v) is 6.64. The summed E-state index contributed by atoms with van der Waals surface area (Å²) < 4.78 is 7.20. The van der Waals surface area contributed by atoms with E-state index < -0.39 is 0 Å². The van der Waals surface area contributed by atoms with E-state index in [-0.39, 0.29) is 18.4 Å². The van der Waals surface area contributed by atoms with E-state index in [0.29, 0.717) is 18.1 Å². The molecular weight excluding hydrogens is 332 g/mol. The molecule has 1 aromatic heterocycles. The largest absolute Gasteiger partial charge is 0.494 e. The topological polar surface area (TPSA) is 85.2 Å². The number of hydrogen-bond acceptors (Lipinski definition) is 4. The van der Waals surface area contributed by atoms with Crippen molar-refractivity contribution >= 4 is 11.8 Å². The van der Waals surface area contributed by atoms with Crippen LogP contribution in [-0.4, -0.2) is 28.2 Å². The highest BCUT2D eigenvalue weighted by molar-refractivity contribution is 5.95. The number of aromatic nitrogens is 2. The first-order valence-electron chi connectivity index (χ1n) is 8.68. The molecule has 0 aliphatic rings. The van der Waals surface area contributed by atoms with Crippen molar-refractivity contribution in [1.29, 1.82) is 0 Å². The predicted octanol–water partition coefficient (Wildman–Crippen LogP) is 2.39. The van der Waals surface area contributed by atoms with E-state index in [4.69, 9.17) is 4.74 Å². The lowest BCUT2D eigenvalue weighted by atomic mass is 10.1. The van der Waals surface area contributed by atoms with Crippen molar-refractivity contribution < 1.29 is 14.3 Å². The maximum absolute atomic E-state index is 12.1. The fraction of sp³-hybridized carbons (Fsp3) is 0.421. The Balaban J connectivity index is 1.80. The van der Waals surface area contributed by atoms with Gasteiger partial charge in [-0.2, -0.15) is 5.10 Å². The van der Waals surface area contributed by atoms with Crippen LogP contribution >= 0.6 is 0 Å². The molecule has 2 aromatic rings. The number of aryl methyl sites for hydroxylation is 2. The molecular formula is C19H26N4O3. The second-order valence-electron chi connectivity index (χ2n) is 6.64. The third-order valence-electron chi connectivity index (χ3n) is 3.79. The molecule has 7 nitrogen and oxygen atoms in total. The van der Waals surface area contributed by atoms with Gasteiger partial charge in [0.25, 0.3) is 11.8 Å². The Labute approximate surface area is 153 Å². The van der Waals surface area contributed by atoms with Crippen molar-refractivity contribution in [2.45, 2.75) is 40.7 Å². The summed E-state index contributed by atoms with van der Waals surface area (Å²) in [6.45, 7) is 8.70. The monoisotopic (exact) mass is 358 g/mol. The lowest BCUT2D eigenvalue weighted by Gasteiger charge is -2.10. The van der Waals surface area contributed by atoms with Gasteiger partial charge in [0, 0.05) is 11.3 Å². The third kappa shape index (κ3) is 5.91. The molecule has 0 unspecified atom stereocenters. The van der Waals surface area contributed by atoms with E-state index in [2.05, 4.69) is 29.8 Å². The minimum Gasteiger partial charge on any atom is -0.494 e. The zero-order valence-electron chi connectivity index (χ0n) is 15.7. The predicted molar refractivity (Wildman–Crippen MR) is 98.7 cm³/mol. The number of carbonyl (C=O) groups excluding carboxylic acids is 2. The molecule has 0 atom stereocenters. The second kappa shape index (κ2) is 9.03. The molecule has 1 heterocycles. The van der Waals surface area contributed by atoms with Gasteiger partial charge in [-0.05, 0) is 56.5 Å². The lowest BCUT2D eigenvalue weighted by molar-refractivity contribution is -0.122. The summed E-state index contributed by atoms with van der Waals surface area (Å²) in [5, 5.41) is 4.21. The quantitative estimate of drug-likeness (QED) is 0.744. The minimum absolute atomic E-state index is 0.0442. The van der Waals surface area contributed by atoms with E-state index in [0.717, 1.165) is 23.6 Å². The molecule has 2 amide bonds. The van der Waals surface area contributed by atoms with Gasteiger partial charge in [0.15, 0.2) is 0 Å². The molecule has 0 bridgehead atoms. The Kier molecular flexibility index (Phi) is 6.77. The Morgan fingerprint density at radius 3 is 2.42 bits per heavy atom. The summed E-state index contributed by atoms with van der Waals surface area (Å²) in [5.74, 6) is 0.563. The number of benzene rings is 1. The fourth-order valence-electron chi connectivity index (χ4n) is 2.32. The van der Waals surface area contributed by atoms with Crippen molar-refractivity contribution in [2.75, 3.05) is 6.61 Å². The first-order valence-corrected chi connectivity index (χ1v) is 8.68. The van der Waals surface area contributed by atoms with Gasteiger partial charge >= 0.3 is 0 Å². The normalized spacial score (nSPS) is 10.7. The van der Waals surface area contributed by atoms with Crippen LogP contribution in [0.4, 0.5) is 0 Å². The first kappa shape index (κ1) is 19.5.